The summed E-state index contributed by atoms with van der Waals surface area (Å²) in [5, 5.41) is 0. The van der Waals surface area contributed by atoms with E-state index in [0.717, 1.165) is 57.8 Å². The molecule has 2 fully saturated rings. The number of rotatable bonds is 43. The molecule has 1 unspecified atom stereocenters. The van der Waals surface area contributed by atoms with E-state index in [2.05, 4.69) is 67.4 Å². The Kier molecular flexibility index (Phi) is 38.3. The van der Waals surface area contributed by atoms with Crippen molar-refractivity contribution in [1.29, 1.82) is 0 Å². The van der Waals surface area contributed by atoms with Crippen LogP contribution in [0.2, 0.25) is 0 Å². The maximum Gasteiger partial charge on any atom is 0.307 e. The number of allylic oxidation sites excluding steroid dienone is 2. The molecule has 8 nitrogen and oxygen atoms in total. The predicted octanol–water partition coefficient (Wildman–Crippen LogP) is 14.0. The Balaban J connectivity index is 1.66. The number of hydrogen-bond donors (Lipinski definition) is 0. The zero-order chi connectivity index (χ0) is 48.1. The molecule has 2 saturated heterocycles. The Morgan fingerprint density at radius 2 is 0.851 bits per heavy atom. The molecule has 67 heavy (non-hydrogen) atoms. The zero-order valence-electron chi connectivity index (χ0n) is 42.1. The molecular weight excluding hydrogens is 837 g/mol. The lowest BCUT2D eigenvalue weighted by Gasteiger charge is -2.18. The molecule has 5 atom stereocenters. The topological polar surface area (TPSA) is 104 Å². The van der Waals surface area contributed by atoms with Crippen LogP contribution in [0.3, 0.4) is 0 Å². The highest BCUT2D eigenvalue weighted by molar-refractivity contribution is 5.71. The molecule has 0 N–H and O–H groups in total. The van der Waals surface area contributed by atoms with E-state index in [1.165, 1.54) is 141 Å². The van der Waals surface area contributed by atoms with Crippen molar-refractivity contribution in [3.05, 3.63) is 25.3 Å². The van der Waals surface area contributed by atoms with Crippen molar-refractivity contribution < 1.29 is 38.1 Å². The number of carbonyl (C=O) groups is 3. The smallest absolute Gasteiger partial charge is 0.307 e. The van der Waals surface area contributed by atoms with Crippen LogP contribution in [0.4, 0.5) is 0 Å². The fraction of sp³-hybridized carbons (Fsp3) is 0.746. The average molecular weight is 927 g/mol. The van der Waals surface area contributed by atoms with Gasteiger partial charge in [-0.25, -0.2) is 0 Å². The number of epoxide rings is 2. The third kappa shape index (κ3) is 37.7. The van der Waals surface area contributed by atoms with Gasteiger partial charge in [0, 0.05) is 19.3 Å². The van der Waals surface area contributed by atoms with Gasteiger partial charge in [-0.1, -0.05) is 197 Å². The van der Waals surface area contributed by atoms with Crippen LogP contribution in [0.25, 0.3) is 0 Å². The normalized spacial score (nSPS) is 16.9. The van der Waals surface area contributed by atoms with Gasteiger partial charge in [0.1, 0.15) is 25.4 Å². The first-order valence-electron chi connectivity index (χ1n) is 27.0. The summed E-state index contributed by atoms with van der Waals surface area (Å²) in [5.41, 5.74) is 0. The summed E-state index contributed by atoms with van der Waals surface area (Å²) in [6.07, 6.45) is 42.2. The third-order valence-corrected chi connectivity index (χ3v) is 12.2. The SMILES string of the molecule is C=CCCCCCCC[C@@H]1O[C@H]1C#CC#CCCC(=O)OCC(COC(=O)CCCCCCCCCCCCCCCCCCC)OC(=O)CCC#CC#C[C@@H]1O[C@H]1CCCCCCCC=C. The van der Waals surface area contributed by atoms with Crippen LogP contribution in [0, 0.1) is 47.4 Å². The van der Waals surface area contributed by atoms with Gasteiger partial charge in [-0.15, -0.1) is 13.2 Å². The molecule has 2 aliphatic heterocycles. The molecule has 0 saturated carbocycles. The number of hydrogen-bond acceptors (Lipinski definition) is 8. The molecule has 0 spiro atoms. The van der Waals surface area contributed by atoms with Crippen molar-refractivity contribution in [2.24, 2.45) is 0 Å². The Morgan fingerprint density at radius 3 is 1.28 bits per heavy atom. The second-order valence-electron chi connectivity index (χ2n) is 18.5. The van der Waals surface area contributed by atoms with E-state index in [1.807, 2.05) is 12.2 Å². The minimum atomic E-state index is -0.930. The second kappa shape index (κ2) is 43.3. The minimum Gasteiger partial charge on any atom is -0.462 e. The van der Waals surface area contributed by atoms with Gasteiger partial charge in [0.2, 0.25) is 0 Å². The number of carbonyl (C=O) groups excluding carboxylic acids is 3. The highest BCUT2D eigenvalue weighted by Crippen LogP contribution is 2.28. The van der Waals surface area contributed by atoms with E-state index in [-0.39, 0.29) is 69.3 Å². The maximum absolute atomic E-state index is 12.8. The molecule has 0 aromatic carbocycles. The van der Waals surface area contributed by atoms with Crippen molar-refractivity contribution in [3.8, 4) is 47.4 Å². The zero-order valence-corrected chi connectivity index (χ0v) is 42.1. The van der Waals surface area contributed by atoms with Crippen LogP contribution in [0.15, 0.2) is 25.3 Å². The predicted molar refractivity (Wildman–Crippen MR) is 273 cm³/mol. The molecular formula is C59H90O8. The second-order valence-corrected chi connectivity index (χ2v) is 18.5. The quantitative estimate of drug-likeness (QED) is 0.0149. The van der Waals surface area contributed by atoms with Crippen LogP contribution in [0.1, 0.15) is 238 Å². The summed E-state index contributed by atoms with van der Waals surface area (Å²) in [5.74, 6) is 21.8. The van der Waals surface area contributed by atoms with E-state index >= 15 is 0 Å². The van der Waals surface area contributed by atoms with Crippen LogP contribution in [-0.2, 0) is 38.1 Å². The average Bonchev–Trinajstić information content (AvgIpc) is 4.26. The summed E-state index contributed by atoms with van der Waals surface area (Å²) in [6, 6.07) is 0. The van der Waals surface area contributed by atoms with Crippen molar-refractivity contribution in [2.75, 3.05) is 13.2 Å². The van der Waals surface area contributed by atoms with E-state index < -0.39 is 18.0 Å². The van der Waals surface area contributed by atoms with Crippen molar-refractivity contribution in [1.82, 2.24) is 0 Å². The van der Waals surface area contributed by atoms with Crippen molar-refractivity contribution in [3.63, 3.8) is 0 Å². The van der Waals surface area contributed by atoms with Gasteiger partial charge in [0.15, 0.2) is 6.10 Å². The standard InChI is InChI=1S/C59H90O8/c1-4-7-10-13-16-17-18-19-20-21-22-23-24-25-28-31-40-47-57(60)63-50-52(65-59(62)49-42-35-33-39-46-56-54(67-56)44-37-30-27-15-12-9-6-3)51-64-58(61)48-41-34-32-38-45-55-53(66-55)43-36-29-26-14-11-8-5-2/h5-6,52-56H,2-4,7-31,36-37,40-44,47-51H2,1H3/t52?,53-,54-,55-,56-/m0/s1. The molecule has 0 aliphatic carbocycles. The summed E-state index contributed by atoms with van der Waals surface area (Å²) < 4.78 is 27.8. The van der Waals surface area contributed by atoms with Crippen LogP contribution < -0.4 is 0 Å². The number of unbranched alkanes of at least 4 members (excludes halogenated alkanes) is 26. The minimum absolute atomic E-state index is 0.0291. The lowest BCUT2D eigenvalue weighted by Crippen LogP contribution is -2.30. The fourth-order valence-corrected chi connectivity index (χ4v) is 7.94. The third-order valence-electron chi connectivity index (χ3n) is 12.2. The molecule has 0 aromatic rings. The van der Waals surface area contributed by atoms with Crippen LogP contribution >= 0.6 is 0 Å². The fourth-order valence-electron chi connectivity index (χ4n) is 7.94. The summed E-state index contributed by atoms with van der Waals surface area (Å²) in [7, 11) is 0. The largest absolute Gasteiger partial charge is 0.462 e. The Labute approximate surface area is 409 Å². The molecule has 0 bridgehead atoms. The first-order valence-corrected chi connectivity index (χ1v) is 27.0. The summed E-state index contributed by atoms with van der Waals surface area (Å²) in [6.45, 7) is 9.39. The number of esters is 3. The molecule has 2 rings (SSSR count). The van der Waals surface area contributed by atoms with E-state index in [0.29, 0.717) is 6.42 Å². The molecule has 2 aliphatic rings. The Hall–Kier alpha value is -3.95. The first-order chi connectivity index (χ1) is 33.0. The van der Waals surface area contributed by atoms with Crippen molar-refractivity contribution in [2.45, 2.75) is 269 Å². The Bertz CT molecular complexity index is 1590. The van der Waals surface area contributed by atoms with Gasteiger partial charge in [-0.3, -0.25) is 14.4 Å². The molecule has 0 aromatic heterocycles. The van der Waals surface area contributed by atoms with Gasteiger partial charge < -0.3 is 23.7 Å². The summed E-state index contributed by atoms with van der Waals surface area (Å²) >= 11 is 0. The van der Waals surface area contributed by atoms with Gasteiger partial charge in [-0.05, 0) is 68.6 Å². The van der Waals surface area contributed by atoms with E-state index in [1.54, 1.807) is 0 Å². The molecule has 2 heterocycles. The molecule has 0 amide bonds. The molecule has 374 valence electrons. The maximum atomic E-state index is 12.8. The lowest BCUT2D eigenvalue weighted by molar-refractivity contribution is -0.166. The monoisotopic (exact) mass is 927 g/mol. The first kappa shape index (κ1) is 59.2. The van der Waals surface area contributed by atoms with Crippen molar-refractivity contribution >= 4 is 17.9 Å². The highest BCUT2D eigenvalue weighted by atomic mass is 16.6. The molecule has 8 heteroatoms. The van der Waals surface area contributed by atoms with E-state index in [4.69, 9.17) is 23.7 Å². The van der Waals surface area contributed by atoms with Gasteiger partial charge in [0.05, 0.1) is 25.0 Å². The lowest BCUT2D eigenvalue weighted by atomic mass is 10.0. The summed E-state index contributed by atoms with van der Waals surface area (Å²) in [4.78, 5) is 38.0. The molecule has 0 radical (unpaired) electrons. The van der Waals surface area contributed by atoms with Gasteiger partial charge in [0.25, 0.3) is 0 Å². The van der Waals surface area contributed by atoms with Crippen LogP contribution in [-0.4, -0.2) is 61.6 Å². The Morgan fingerprint density at radius 1 is 0.478 bits per heavy atom. The number of ether oxygens (including phenoxy) is 5. The van der Waals surface area contributed by atoms with Crippen LogP contribution in [0.5, 0.6) is 0 Å². The van der Waals surface area contributed by atoms with Gasteiger partial charge >= 0.3 is 17.9 Å². The van der Waals surface area contributed by atoms with E-state index in [9.17, 15) is 14.4 Å². The highest BCUT2D eigenvalue weighted by Gasteiger charge is 2.37. The van der Waals surface area contributed by atoms with Gasteiger partial charge in [-0.2, -0.15) is 0 Å².